The predicted molar refractivity (Wildman–Crippen MR) is 109 cm³/mol. The fourth-order valence-electron chi connectivity index (χ4n) is 3.55. The Morgan fingerprint density at radius 2 is 1.72 bits per heavy atom. The molecule has 0 saturated carbocycles. The second-order valence-electron chi connectivity index (χ2n) is 6.98. The van der Waals surface area contributed by atoms with E-state index in [4.69, 9.17) is 10.3 Å². The highest BCUT2D eigenvalue weighted by molar-refractivity contribution is 5.78. The number of nitrogens with two attached hydrogens (primary N) is 1. The third kappa shape index (κ3) is 4.13. The number of amides is 3. The minimum atomic E-state index is -0.626. The highest BCUT2D eigenvalue weighted by atomic mass is 16.5. The standard InChI is InChI=1S/C22H22N4O3/c23-22(28)24-12-10-20(27)26-13-11-19-18(14-26)21(25-29-19)17-8-6-16(7-9-17)15-4-2-1-3-5-15/h1-9H,10-14H2,(H3,23,24,28). The lowest BCUT2D eigenvalue weighted by Gasteiger charge is -2.26. The summed E-state index contributed by atoms with van der Waals surface area (Å²) in [6.45, 7) is 1.25. The number of benzene rings is 2. The molecule has 148 valence electrons. The van der Waals surface area contributed by atoms with Crippen molar-refractivity contribution >= 4 is 11.9 Å². The summed E-state index contributed by atoms with van der Waals surface area (Å²) >= 11 is 0. The van der Waals surface area contributed by atoms with Crippen molar-refractivity contribution in [3.05, 3.63) is 65.9 Å². The van der Waals surface area contributed by atoms with Crippen LogP contribution in [0.4, 0.5) is 4.79 Å². The number of carbonyl (C=O) groups excluding carboxylic acids is 2. The summed E-state index contributed by atoms with van der Waals surface area (Å²) < 4.78 is 5.54. The summed E-state index contributed by atoms with van der Waals surface area (Å²) in [5, 5.41) is 6.71. The zero-order chi connectivity index (χ0) is 20.2. The topological polar surface area (TPSA) is 101 Å². The maximum atomic E-state index is 12.4. The normalized spacial score (nSPS) is 13.0. The van der Waals surface area contributed by atoms with Crippen molar-refractivity contribution in [2.45, 2.75) is 19.4 Å². The van der Waals surface area contributed by atoms with E-state index in [0.29, 0.717) is 19.5 Å². The molecule has 0 saturated heterocycles. The third-order valence-corrected chi connectivity index (χ3v) is 5.08. The summed E-state index contributed by atoms with van der Waals surface area (Å²) in [6.07, 6.45) is 0.837. The van der Waals surface area contributed by atoms with Gasteiger partial charge in [0.05, 0.1) is 6.54 Å². The average Bonchev–Trinajstić information content (AvgIpc) is 3.17. The second kappa shape index (κ2) is 8.18. The molecule has 2 aromatic carbocycles. The van der Waals surface area contributed by atoms with E-state index >= 15 is 0 Å². The van der Waals surface area contributed by atoms with E-state index in [-0.39, 0.29) is 18.9 Å². The van der Waals surface area contributed by atoms with Crippen LogP contribution in [-0.2, 0) is 17.8 Å². The summed E-state index contributed by atoms with van der Waals surface area (Å²) in [5.74, 6) is 0.794. The van der Waals surface area contributed by atoms with E-state index in [1.807, 2.05) is 30.3 Å². The number of nitrogens with one attached hydrogen (secondary N) is 1. The lowest BCUT2D eigenvalue weighted by molar-refractivity contribution is -0.132. The van der Waals surface area contributed by atoms with E-state index in [9.17, 15) is 9.59 Å². The maximum Gasteiger partial charge on any atom is 0.312 e. The molecule has 7 nitrogen and oxygen atoms in total. The van der Waals surface area contributed by atoms with Gasteiger partial charge in [-0.1, -0.05) is 59.8 Å². The zero-order valence-corrected chi connectivity index (χ0v) is 15.9. The van der Waals surface area contributed by atoms with Gasteiger partial charge in [-0.2, -0.15) is 0 Å². The number of aromatic nitrogens is 1. The number of hydrogen-bond donors (Lipinski definition) is 2. The molecular formula is C22H22N4O3. The minimum Gasteiger partial charge on any atom is -0.360 e. The van der Waals surface area contributed by atoms with E-state index in [1.165, 1.54) is 0 Å². The Balaban J connectivity index is 1.50. The van der Waals surface area contributed by atoms with Gasteiger partial charge in [0.15, 0.2) is 0 Å². The van der Waals surface area contributed by atoms with Crippen LogP contribution >= 0.6 is 0 Å². The molecule has 3 aromatic rings. The van der Waals surface area contributed by atoms with Gasteiger partial charge in [-0.05, 0) is 11.1 Å². The van der Waals surface area contributed by atoms with Crippen LogP contribution in [0.2, 0.25) is 0 Å². The average molecular weight is 390 g/mol. The number of urea groups is 1. The lowest BCUT2D eigenvalue weighted by atomic mass is 9.98. The van der Waals surface area contributed by atoms with Gasteiger partial charge in [-0.3, -0.25) is 4.79 Å². The van der Waals surface area contributed by atoms with Crippen molar-refractivity contribution in [3.63, 3.8) is 0 Å². The molecule has 29 heavy (non-hydrogen) atoms. The van der Waals surface area contributed by atoms with Gasteiger partial charge in [0.2, 0.25) is 5.91 Å². The van der Waals surface area contributed by atoms with Crippen LogP contribution in [0.3, 0.4) is 0 Å². The van der Waals surface area contributed by atoms with Crippen LogP contribution < -0.4 is 11.1 Å². The quantitative estimate of drug-likeness (QED) is 0.699. The SMILES string of the molecule is NC(=O)NCCC(=O)N1CCc2onc(-c3ccc(-c4ccccc4)cc3)c2C1. The molecule has 0 atom stereocenters. The molecule has 3 amide bonds. The fourth-order valence-corrected chi connectivity index (χ4v) is 3.55. The Hall–Kier alpha value is -3.61. The Kier molecular flexibility index (Phi) is 5.29. The third-order valence-electron chi connectivity index (χ3n) is 5.08. The van der Waals surface area contributed by atoms with Crippen molar-refractivity contribution in [1.29, 1.82) is 0 Å². The van der Waals surface area contributed by atoms with Gasteiger partial charge in [-0.15, -0.1) is 0 Å². The van der Waals surface area contributed by atoms with Gasteiger partial charge in [0.25, 0.3) is 0 Å². The Bertz CT molecular complexity index is 1010. The molecule has 1 aliphatic heterocycles. The van der Waals surface area contributed by atoms with Crippen LogP contribution in [0, 0.1) is 0 Å². The Labute approximate surface area is 168 Å². The van der Waals surface area contributed by atoms with Crippen LogP contribution in [0.1, 0.15) is 17.7 Å². The van der Waals surface area contributed by atoms with Crippen molar-refractivity contribution in [3.8, 4) is 22.4 Å². The summed E-state index contributed by atoms with van der Waals surface area (Å²) in [7, 11) is 0. The molecule has 7 heteroatoms. The number of hydrogen-bond acceptors (Lipinski definition) is 4. The summed E-state index contributed by atoms with van der Waals surface area (Å²) in [4.78, 5) is 25.0. The summed E-state index contributed by atoms with van der Waals surface area (Å²) in [5.41, 5.74) is 10.0. The first-order chi connectivity index (χ1) is 14.1. The molecule has 0 aliphatic carbocycles. The Morgan fingerprint density at radius 3 is 2.45 bits per heavy atom. The predicted octanol–water partition coefficient (Wildman–Crippen LogP) is 2.95. The van der Waals surface area contributed by atoms with Crippen LogP contribution in [0.15, 0.2) is 59.1 Å². The van der Waals surface area contributed by atoms with E-state index in [2.05, 4.69) is 34.7 Å². The van der Waals surface area contributed by atoms with Gasteiger partial charge < -0.3 is 20.5 Å². The minimum absolute atomic E-state index is 0.0315. The number of fused-ring (bicyclic) bond motifs is 1. The number of rotatable bonds is 5. The molecule has 3 N–H and O–H groups in total. The molecule has 0 radical (unpaired) electrons. The Morgan fingerprint density at radius 1 is 1.03 bits per heavy atom. The molecular weight excluding hydrogens is 368 g/mol. The second-order valence-corrected chi connectivity index (χ2v) is 6.98. The van der Waals surface area contributed by atoms with Crippen molar-refractivity contribution < 1.29 is 14.1 Å². The highest BCUT2D eigenvalue weighted by Gasteiger charge is 2.27. The maximum absolute atomic E-state index is 12.4. The van der Waals surface area contributed by atoms with Gasteiger partial charge in [0, 0.05) is 37.1 Å². The molecule has 0 spiro atoms. The van der Waals surface area contributed by atoms with E-state index in [0.717, 1.165) is 33.7 Å². The number of primary amides is 1. The molecule has 1 aliphatic rings. The molecule has 1 aromatic heterocycles. The molecule has 4 rings (SSSR count). The van der Waals surface area contributed by atoms with Gasteiger partial charge >= 0.3 is 6.03 Å². The van der Waals surface area contributed by atoms with Crippen LogP contribution in [0.5, 0.6) is 0 Å². The van der Waals surface area contributed by atoms with Crippen molar-refractivity contribution in [2.24, 2.45) is 5.73 Å². The first kappa shape index (κ1) is 18.7. The largest absolute Gasteiger partial charge is 0.360 e. The molecule has 0 unspecified atom stereocenters. The summed E-state index contributed by atoms with van der Waals surface area (Å²) in [6, 6.07) is 17.7. The monoisotopic (exact) mass is 390 g/mol. The van der Waals surface area contributed by atoms with Gasteiger partial charge in [-0.25, -0.2) is 4.79 Å². The number of nitrogens with zero attached hydrogens (tertiary/aromatic N) is 2. The smallest absolute Gasteiger partial charge is 0.312 e. The highest BCUT2D eigenvalue weighted by Crippen LogP contribution is 2.31. The number of carbonyl (C=O) groups is 2. The van der Waals surface area contributed by atoms with Crippen molar-refractivity contribution in [2.75, 3.05) is 13.1 Å². The van der Waals surface area contributed by atoms with E-state index < -0.39 is 6.03 Å². The molecule has 2 heterocycles. The van der Waals surface area contributed by atoms with Gasteiger partial charge in [0.1, 0.15) is 11.5 Å². The van der Waals surface area contributed by atoms with Crippen molar-refractivity contribution in [1.82, 2.24) is 15.4 Å². The first-order valence-corrected chi connectivity index (χ1v) is 9.56. The van der Waals surface area contributed by atoms with E-state index in [1.54, 1.807) is 4.90 Å². The van der Waals surface area contributed by atoms with Crippen LogP contribution in [-0.4, -0.2) is 35.1 Å². The fraction of sp³-hybridized carbons (Fsp3) is 0.227. The lowest BCUT2D eigenvalue weighted by Crippen LogP contribution is -2.38. The molecule has 0 fully saturated rings. The molecule has 0 bridgehead atoms. The van der Waals surface area contributed by atoms with Crippen LogP contribution in [0.25, 0.3) is 22.4 Å². The zero-order valence-electron chi connectivity index (χ0n) is 15.9. The first-order valence-electron chi connectivity index (χ1n) is 9.56.